The monoisotopic (exact) mass is 254 g/mol. The molecule has 1 aromatic carbocycles. The van der Waals surface area contributed by atoms with Crippen LogP contribution in [0.4, 0.5) is 0 Å². The third-order valence-electron chi connectivity index (χ3n) is 2.35. The second-order valence-electron chi connectivity index (χ2n) is 3.47. The summed E-state index contributed by atoms with van der Waals surface area (Å²) >= 11 is 3.40. The fraction of sp³-hybridized carbons (Fsp3) is 0.364. The van der Waals surface area contributed by atoms with Crippen LogP contribution in [0, 0.1) is 6.92 Å². The molecule has 14 heavy (non-hydrogen) atoms. The number of aryl methyl sites for hydroxylation is 1. The molecule has 3 heteroatoms. The first-order valence-electron chi connectivity index (χ1n) is 4.64. The summed E-state index contributed by atoms with van der Waals surface area (Å²) in [5.41, 5.74) is 1.74. The highest BCUT2D eigenvalue weighted by molar-refractivity contribution is 9.10. The number of hydrogen-bond acceptors (Lipinski definition) is 2. The largest absolute Gasteiger partial charge is 0.493 e. The Morgan fingerprint density at radius 1 is 1.43 bits per heavy atom. The van der Waals surface area contributed by atoms with Crippen molar-refractivity contribution in [2.24, 2.45) is 0 Å². The maximum absolute atomic E-state index is 11.7. The molecule has 0 aromatic heterocycles. The highest BCUT2D eigenvalue weighted by Crippen LogP contribution is 2.30. The molecule has 0 radical (unpaired) electrons. The van der Waals surface area contributed by atoms with Gasteiger partial charge in [-0.3, -0.25) is 4.79 Å². The predicted molar refractivity (Wildman–Crippen MR) is 57.9 cm³/mol. The van der Waals surface area contributed by atoms with Crippen LogP contribution in [0.5, 0.6) is 5.75 Å². The fourth-order valence-electron chi connectivity index (χ4n) is 1.72. The van der Waals surface area contributed by atoms with Gasteiger partial charge in [0.05, 0.1) is 12.2 Å². The van der Waals surface area contributed by atoms with E-state index in [-0.39, 0.29) is 5.78 Å². The van der Waals surface area contributed by atoms with E-state index in [2.05, 4.69) is 15.9 Å². The Balaban J connectivity index is 2.58. The zero-order valence-electron chi connectivity index (χ0n) is 7.97. The third kappa shape index (κ3) is 1.69. The first kappa shape index (κ1) is 9.71. The molecule has 1 heterocycles. The lowest BCUT2D eigenvalue weighted by Crippen LogP contribution is -2.00. The van der Waals surface area contributed by atoms with E-state index in [4.69, 9.17) is 4.74 Å². The Kier molecular flexibility index (Phi) is 2.59. The smallest absolute Gasteiger partial charge is 0.166 e. The number of ketones is 1. The molecule has 1 aliphatic heterocycles. The van der Waals surface area contributed by atoms with Crippen molar-refractivity contribution in [3.05, 3.63) is 27.7 Å². The van der Waals surface area contributed by atoms with Crippen LogP contribution in [0.2, 0.25) is 0 Å². The molecule has 2 nitrogen and oxygen atoms in total. The van der Waals surface area contributed by atoms with E-state index in [1.54, 1.807) is 0 Å². The van der Waals surface area contributed by atoms with Gasteiger partial charge in [0.2, 0.25) is 0 Å². The molecule has 74 valence electrons. The molecular formula is C11H11BrO2. The molecule has 1 aromatic rings. The van der Waals surface area contributed by atoms with Gasteiger partial charge in [0.15, 0.2) is 5.78 Å². The summed E-state index contributed by atoms with van der Waals surface area (Å²) in [6, 6.07) is 3.82. The normalized spacial score (nSPS) is 15.7. The average molecular weight is 255 g/mol. The molecule has 0 bridgehead atoms. The van der Waals surface area contributed by atoms with Crippen LogP contribution in [-0.4, -0.2) is 12.4 Å². The lowest BCUT2D eigenvalue weighted by atomic mass is 10.0. The Hall–Kier alpha value is -0.830. The van der Waals surface area contributed by atoms with Crippen molar-refractivity contribution in [3.8, 4) is 5.75 Å². The molecule has 0 atom stereocenters. The van der Waals surface area contributed by atoms with Crippen LogP contribution in [0.3, 0.4) is 0 Å². The molecule has 0 unspecified atom stereocenters. The minimum Gasteiger partial charge on any atom is -0.493 e. The Bertz CT molecular complexity index is 385. The second-order valence-corrected chi connectivity index (χ2v) is 4.39. The number of carbonyl (C=O) groups excluding carboxylic acids is 1. The fourth-order valence-corrected chi connectivity index (χ4v) is 2.27. The van der Waals surface area contributed by atoms with Gasteiger partial charge < -0.3 is 4.74 Å². The van der Waals surface area contributed by atoms with Crippen LogP contribution in [0.15, 0.2) is 16.6 Å². The van der Waals surface area contributed by atoms with E-state index in [1.807, 2.05) is 19.1 Å². The van der Waals surface area contributed by atoms with Crippen molar-refractivity contribution >= 4 is 21.7 Å². The molecule has 0 saturated carbocycles. The zero-order chi connectivity index (χ0) is 10.1. The van der Waals surface area contributed by atoms with E-state index >= 15 is 0 Å². The van der Waals surface area contributed by atoms with Gasteiger partial charge in [-0.15, -0.1) is 0 Å². The number of carbonyl (C=O) groups is 1. The van der Waals surface area contributed by atoms with Crippen LogP contribution >= 0.6 is 15.9 Å². The van der Waals surface area contributed by atoms with Crippen molar-refractivity contribution in [2.75, 3.05) is 6.61 Å². The van der Waals surface area contributed by atoms with Gasteiger partial charge in [0.1, 0.15) is 5.75 Å². The van der Waals surface area contributed by atoms with Gasteiger partial charge in [-0.1, -0.05) is 15.9 Å². The number of rotatable bonds is 0. The van der Waals surface area contributed by atoms with Crippen LogP contribution in [-0.2, 0) is 0 Å². The van der Waals surface area contributed by atoms with E-state index < -0.39 is 0 Å². The maximum Gasteiger partial charge on any atom is 0.166 e. The van der Waals surface area contributed by atoms with Crippen LogP contribution in [0.25, 0.3) is 0 Å². The number of benzene rings is 1. The summed E-state index contributed by atoms with van der Waals surface area (Å²) in [6.07, 6.45) is 1.40. The molecule has 0 fully saturated rings. The SMILES string of the molecule is Cc1cc(Br)cc2c1C(=O)CCCO2. The van der Waals surface area contributed by atoms with Gasteiger partial charge in [-0.05, 0) is 31.0 Å². The zero-order valence-corrected chi connectivity index (χ0v) is 9.56. The van der Waals surface area contributed by atoms with Gasteiger partial charge in [0, 0.05) is 10.9 Å². The van der Waals surface area contributed by atoms with Crippen molar-refractivity contribution in [1.82, 2.24) is 0 Å². The number of fused-ring (bicyclic) bond motifs is 1. The molecule has 0 saturated heterocycles. The van der Waals surface area contributed by atoms with Gasteiger partial charge in [-0.2, -0.15) is 0 Å². The Labute approximate surface area is 91.4 Å². The highest BCUT2D eigenvalue weighted by atomic mass is 79.9. The summed E-state index contributed by atoms with van der Waals surface area (Å²) in [6.45, 7) is 2.57. The standard InChI is InChI=1S/C11H11BrO2/c1-7-5-8(12)6-10-11(7)9(13)3-2-4-14-10/h5-6H,2-4H2,1H3. The van der Waals surface area contributed by atoms with Gasteiger partial charge in [-0.25, -0.2) is 0 Å². The number of halogens is 1. The lowest BCUT2D eigenvalue weighted by Gasteiger charge is -2.09. The number of Topliss-reactive ketones (excluding diaryl/α,β-unsaturated/α-hetero) is 1. The van der Waals surface area contributed by atoms with Crippen molar-refractivity contribution in [1.29, 1.82) is 0 Å². The highest BCUT2D eigenvalue weighted by Gasteiger charge is 2.19. The Morgan fingerprint density at radius 3 is 3.00 bits per heavy atom. The number of hydrogen-bond donors (Lipinski definition) is 0. The quantitative estimate of drug-likeness (QED) is 0.712. The third-order valence-corrected chi connectivity index (χ3v) is 2.81. The van der Waals surface area contributed by atoms with Gasteiger partial charge >= 0.3 is 0 Å². The minimum atomic E-state index is 0.197. The van der Waals surface area contributed by atoms with Crippen molar-refractivity contribution in [2.45, 2.75) is 19.8 Å². The average Bonchev–Trinajstić information content (AvgIpc) is 2.27. The Morgan fingerprint density at radius 2 is 2.21 bits per heavy atom. The van der Waals surface area contributed by atoms with E-state index in [9.17, 15) is 4.79 Å². The summed E-state index contributed by atoms with van der Waals surface area (Å²) < 4.78 is 6.49. The van der Waals surface area contributed by atoms with Crippen LogP contribution in [0.1, 0.15) is 28.8 Å². The number of ether oxygens (including phenoxy) is 1. The summed E-state index contributed by atoms with van der Waals surface area (Å²) in [5, 5.41) is 0. The minimum absolute atomic E-state index is 0.197. The maximum atomic E-state index is 11.7. The molecule has 0 amide bonds. The molecule has 0 aliphatic carbocycles. The topological polar surface area (TPSA) is 26.3 Å². The molecule has 1 aliphatic rings. The molecule has 0 N–H and O–H groups in total. The van der Waals surface area contributed by atoms with Crippen LogP contribution < -0.4 is 4.74 Å². The van der Waals surface area contributed by atoms with Crippen molar-refractivity contribution < 1.29 is 9.53 Å². The summed E-state index contributed by atoms with van der Waals surface area (Å²) in [7, 11) is 0. The molecule has 2 rings (SSSR count). The second kappa shape index (κ2) is 3.73. The first-order chi connectivity index (χ1) is 6.68. The summed E-state index contributed by atoms with van der Waals surface area (Å²) in [5.74, 6) is 0.918. The van der Waals surface area contributed by atoms with E-state index in [0.29, 0.717) is 13.0 Å². The van der Waals surface area contributed by atoms with E-state index in [0.717, 1.165) is 27.8 Å². The molecule has 0 spiro atoms. The summed E-state index contributed by atoms with van der Waals surface area (Å²) in [4.78, 5) is 11.7. The molecular weight excluding hydrogens is 244 g/mol. The lowest BCUT2D eigenvalue weighted by molar-refractivity contribution is 0.0982. The van der Waals surface area contributed by atoms with Gasteiger partial charge in [0.25, 0.3) is 0 Å². The predicted octanol–water partition coefficient (Wildman–Crippen LogP) is 3.11. The first-order valence-corrected chi connectivity index (χ1v) is 5.44. The van der Waals surface area contributed by atoms with Crippen molar-refractivity contribution in [3.63, 3.8) is 0 Å². The van der Waals surface area contributed by atoms with E-state index in [1.165, 1.54) is 0 Å².